The highest BCUT2D eigenvalue weighted by Gasteiger charge is 2.04. The summed E-state index contributed by atoms with van der Waals surface area (Å²) in [5.74, 6) is 0. The fourth-order valence-electron chi connectivity index (χ4n) is 0.896. The minimum Gasteiger partial charge on any atom is -0.286 e. The van der Waals surface area contributed by atoms with Crippen molar-refractivity contribution in [2.24, 2.45) is 0 Å². The van der Waals surface area contributed by atoms with Gasteiger partial charge in [0.05, 0.1) is 4.92 Å². The predicted octanol–water partition coefficient (Wildman–Crippen LogP) is 2.06. The highest BCUT2D eigenvalue weighted by molar-refractivity contribution is 9.18. The average molecular weight is 244 g/mol. The number of carbonyl (C=O) groups excluding carboxylic acids is 1. The third kappa shape index (κ3) is 2.95. The fraction of sp³-hybridized carbons (Fsp3) is 0.125. The molecule has 1 aromatic rings. The smallest absolute Gasteiger partial charge is 0.269 e. The van der Waals surface area contributed by atoms with Crippen molar-refractivity contribution in [2.75, 3.05) is 0 Å². The minimum atomic E-state index is -0.472. The molecule has 68 valence electrons. The van der Waals surface area contributed by atoms with Crippen molar-refractivity contribution in [1.82, 2.24) is 0 Å². The topological polar surface area (TPSA) is 60.2 Å². The van der Waals surface area contributed by atoms with Crippen LogP contribution in [0.4, 0.5) is 5.69 Å². The maximum Gasteiger partial charge on any atom is 0.269 e. The van der Waals surface area contributed by atoms with Crippen LogP contribution in [0.15, 0.2) is 24.3 Å². The third-order valence-electron chi connectivity index (χ3n) is 1.49. The van der Waals surface area contributed by atoms with Gasteiger partial charge in [0.15, 0.2) is 0 Å². The van der Waals surface area contributed by atoms with E-state index in [4.69, 9.17) is 0 Å². The van der Waals surface area contributed by atoms with Crippen molar-refractivity contribution in [2.45, 2.75) is 6.42 Å². The second-order valence-corrected chi connectivity index (χ2v) is 3.34. The van der Waals surface area contributed by atoms with Crippen molar-refractivity contribution in [1.29, 1.82) is 0 Å². The normalized spacial score (nSPS) is 9.62. The van der Waals surface area contributed by atoms with Crippen LogP contribution in [0.5, 0.6) is 0 Å². The molecule has 0 spiro atoms. The highest BCUT2D eigenvalue weighted by Crippen LogP contribution is 2.12. The summed E-state index contributed by atoms with van der Waals surface area (Å²) >= 11 is 2.79. The Hall–Kier alpha value is -1.23. The molecule has 0 aromatic heterocycles. The molecule has 0 amide bonds. The van der Waals surface area contributed by atoms with E-state index in [0.29, 0.717) is 0 Å². The Morgan fingerprint density at radius 3 is 2.31 bits per heavy atom. The van der Waals surface area contributed by atoms with Gasteiger partial charge in [-0.25, -0.2) is 0 Å². The molecule has 0 aliphatic rings. The molecular weight excluding hydrogens is 238 g/mol. The molecule has 0 aliphatic heterocycles. The second-order valence-electron chi connectivity index (χ2n) is 2.46. The van der Waals surface area contributed by atoms with Crippen LogP contribution in [-0.2, 0) is 11.2 Å². The van der Waals surface area contributed by atoms with Gasteiger partial charge < -0.3 is 0 Å². The summed E-state index contributed by atoms with van der Waals surface area (Å²) in [6.07, 6.45) is 0.248. The molecule has 0 unspecified atom stereocenters. The Bertz CT molecular complexity index is 334. The summed E-state index contributed by atoms with van der Waals surface area (Å²) in [5, 5.41) is 10.3. The maximum absolute atomic E-state index is 10.6. The first-order valence-electron chi connectivity index (χ1n) is 3.51. The van der Waals surface area contributed by atoms with E-state index in [1.807, 2.05) is 0 Å². The number of nitro groups is 1. The number of halogens is 1. The lowest BCUT2D eigenvalue weighted by atomic mass is 10.1. The van der Waals surface area contributed by atoms with Gasteiger partial charge in [-0.05, 0) is 21.5 Å². The number of nitrogens with zero attached hydrogens (tertiary/aromatic N) is 1. The van der Waals surface area contributed by atoms with E-state index < -0.39 is 4.92 Å². The Morgan fingerprint density at radius 2 is 1.92 bits per heavy atom. The molecule has 0 saturated carbocycles. The molecule has 0 bridgehead atoms. The standard InChI is InChI=1S/C8H6BrNO3/c9-8(11)5-6-1-3-7(4-2-6)10(12)13/h1-4H,5H2. The monoisotopic (exact) mass is 243 g/mol. The molecule has 0 atom stereocenters. The van der Waals surface area contributed by atoms with Gasteiger partial charge in [0.25, 0.3) is 5.69 Å². The van der Waals surface area contributed by atoms with Crippen LogP contribution >= 0.6 is 15.9 Å². The van der Waals surface area contributed by atoms with Crippen LogP contribution in [-0.4, -0.2) is 9.62 Å². The zero-order valence-electron chi connectivity index (χ0n) is 6.57. The molecule has 0 radical (unpaired) electrons. The molecule has 0 heterocycles. The molecule has 5 heteroatoms. The summed E-state index contributed by atoms with van der Waals surface area (Å²) in [7, 11) is 0. The van der Waals surface area contributed by atoms with E-state index in [2.05, 4.69) is 15.9 Å². The molecule has 0 saturated heterocycles. The maximum atomic E-state index is 10.6. The second kappa shape index (κ2) is 4.13. The van der Waals surface area contributed by atoms with E-state index in [1.54, 1.807) is 12.1 Å². The lowest BCUT2D eigenvalue weighted by Crippen LogP contribution is -1.93. The van der Waals surface area contributed by atoms with Gasteiger partial charge >= 0.3 is 0 Å². The number of nitro benzene ring substituents is 1. The first-order chi connectivity index (χ1) is 6.09. The van der Waals surface area contributed by atoms with Crippen molar-refractivity contribution < 1.29 is 9.72 Å². The molecule has 0 aliphatic carbocycles. The SMILES string of the molecule is O=C(Br)Cc1ccc([N+](=O)[O-])cc1. The van der Waals surface area contributed by atoms with Gasteiger partial charge in [0, 0.05) is 18.6 Å². The van der Waals surface area contributed by atoms with Gasteiger partial charge in [-0.1, -0.05) is 12.1 Å². The molecule has 1 aromatic carbocycles. The van der Waals surface area contributed by atoms with Crippen LogP contribution in [0, 0.1) is 10.1 Å². The number of non-ortho nitro benzene ring substituents is 1. The molecule has 0 fully saturated rings. The lowest BCUT2D eigenvalue weighted by molar-refractivity contribution is -0.384. The van der Waals surface area contributed by atoms with E-state index in [0.717, 1.165) is 5.56 Å². The quantitative estimate of drug-likeness (QED) is 0.464. The van der Waals surface area contributed by atoms with Crippen molar-refractivity contribution in [3.05, 3.63) is 39.9 Å². The molecule has 13 heavy (non-hydrogen) atoms. The fourth-order valence-corrected chi connectivity index (χ4v) is 1.22. The average Bonchev–Trinajstić information content (AvgIpc) is 2.04. The van der Waals surface area contributed by atoms with E-state index in [-0.39, 0.29) is 16.8 Å². The van der Waals surface area contributed by atoms with Crippen LogP contribution in [0.1, 0.15) is 5.56 Å². The summed E-state index contributed by atoms with van der Waals surface area (Å²) in [6.45, 7) is 0. The van der Waals surface area contributed by atoms with Crippen molar-refractivity contribution in [3.63, 3.8) is 0 Å². The molecule has 4 nitrogen and oxygen atoms in total. The minimum absolute atomic E-state index is 0.0331. The Kier molecular flexibility index (Phi) is 3.13. The summed E-state index contributed by atoms with van der Waals surface area (Å²) in [4.78, 5) is 20.4. The van der Waals surface area contributed by atoms with E-state index >= 15 is 0 Å². The first kappa shape index (κ1) is 9.85. The van der Waals surface area contributed by atoms with Crippen LogP contribution < -0.4 is 0 Å². The van der Waals surface area contributed by atoms with Crippen LogP contribution in [0.2, 0.25) is 0 Å². The lowest BCUT2D eigenvalue weighted by Gasteiger charge is -1.95. The summed E-state index contributed by atoms with van der Waals surface area (Å²) in [6, 6.07) is 5.89. The molecule has 1 rings (SSSR count). The highest BCUT2D eigenvalue weighted by atomic mass is 79.9. The molecule has 0 N–H and O–H groups in total. The summed E-state index contributed by atoms with van der Waals surface area (Å²) in [5.41, 5.74) is 0.790. The zero-order valence-corrected chi connectivity index (χ0v) is 8.15. The van der Waals surface area contributed by atoms with Crippen molar-refractivity contribution in [3.8, 4) is 0 Å². The first-order valence-corrected chi connectivity index (χ1v) is 4.30. The Balaban J connectivity index is 2.81. The van der Waals surface area contributed by atoms with Gasteiger partial charge in [-0.3, -0.25) is 14.9 Å². The Labute approximate surface area is 82.8 Å². The van der Waals surface area contributed by atoms with Crippen LogP contribution in [0.3, 0.4) is 0 Å². The third-order valence-corrected chi connectivity index (χ3v) is 1.77. The number of hydrogen-bond acceptors (Lipinski definition) is 3. The van der Waals surface area contributed by atoms with E-state index in [9.17, 15) is 14.9 Å². The van der Waals surface area contributed by atoms with Crippen molar-refractivity contribution >= 4 is 26.3 Å². The zero-order chi connectivity index (χ0) is 9.84. The van der Waals surface area contributed by atoms with Crippen LogP contribution in [0.25, 0.3) is 0 Å². The number of rotatable bonds is 3. The van der Waals surface area contributed by atoms with E-state index in [1.165, 1.54) is 12.1 Å². The molecular formula is C8H6BrNO3. The largest absolute Gasteiger partial charge is 0.286 e. The number of hydrogen-bond donors (Lipinski definition) is 0. The number of benzene rings is 1. The van der Waals surface area contributed by atoms with Gasteiger partial charge in [-0.2, -0.15) is 0 Å². The Morgan fingerprint density at radius 1 is 1.38 bits per heavy atom. The number of carbonyl (C=O) groups is 1. The van der Waals surface area contributed by atoms with Gasteiger partial charge in [0.2, 0.25) is 4.69 Å². The predicted molar refractivity (Wildman–Crippen MR) is 50.7 cm³/mol. The summed E-state index contributed by atoms with van der Waals surface area (Å²) < 4.78 is -0.138. The van der Waals surface area contributed by atoms with Gasteiger partial charge in [-0.15, -0.1) is 0 Å². The van der Waals surface area contributed by atoms with Gasteiger partial charge in [0.1, 0.15) is 0 Å².